The molecule has 2 aromatic rings. The van der Waals surface area contributed by atoms with Crippen LogP contribution in [0.25, 0.3) is 0 Å². The number of benzene rings is 2. The summed E-state index contributed by atoms with van der Waals surface area (Å²) in [6, 6.07) is 16.7. The van der Waals surface area contributed by atoms with Gasteiger partial charge in [0.1, 0.15) is 11.5 Å². The highest BCUT2D eigenvalue weighted by Crippen LogP contribution is 2.31. The Morgan fingerprint density at radius 3 is 2.37 bits per heavy atom. The summed E-state index contributed by atoms with van der Waals surface area (Å²) in [7, 11) is 1.96. The van der Waals surface area contributed by atoms with Gasteiger partial charge in [0.15, 0.2) is 0 Å². The Kier molecular flexibility index (Phi) is 4.88. The van der Waals surface area contributed by atoms with E-state index in [4.69, 9.17) is 4.74 Å². The lowest BCUT2D eigenvalue weighted by Crippen LogP contribution is -2.11. The lowest BCUT2D eigenvalue weighted by molar-refractivity contribution is 0.470. The SMILES string of the molecule is CNC(C)c1ccc(Oc2ccccc2SC)cc1. The van der Waals surface area contributed by atoms with E-state index in [1.54, 1.807) is 11.8 Å². The Morgan fingerprint density at radius 2 is 1.74 bits per heavy atom. The Bertz CT molecular complexity index is 525. The normalized spacial score (nSPS) is 12.2. The molecule has 1 N–H and O–H groups in total. The largest absolute Gasteiger partial charge is 0.456 e. The molecule has 1 unspecified atom stereocenters. The van der Waals surface area contributed by atoms with Crippen LogP contribution >= 0.6 is 11.8 Å². The summed E-state index contributed by atoms with van der Waals surface area (Å²) in [5.41, 5.74) is 1.26. The minimum atomic E-state index is 0.354. The van der Waals surface area contributed by atoms with Crippen LogP contribution in [0.4, 0.5) is 0 Å². The fraction of sp³-hybridized carbons (Fsp3) is 0.250. The van der Waals surface area contributed by atoms with Gasteiger partial charge in [-0.3, -0.25) is 0 Å². The Morgan fingerprint density at radius 1 is 1.05 bits per heavy atom. The fourth-order valence-corrected chi connectivity index (χ4v) is 2.35. The molecule has 3 heteroatoms. The van der Waals surface area contributed by atoms with Crippen LogP contribution in [0.1, 0.15) is 18.5 Å². The van der Waals surface area contributed by atoms with Crippen molar-refractivity contribution in [2.45, 2.75) is 17.9 Å². The van der Waals surface area contributed by atoms with Crippen LogP contribution in [-0.2, 0) is 0 Å². The molecule has 1 atom stereocenters. The highest BCUT2D eigenvalue weighted by atomic mass is 32.2. The van der Waals surface area contributed by atoms with Gasteiger partial charge in [-0.2, -0.15) is 0 Å². The van der Waals surface area contributed by atoms with Gasteiger partial charge in [0.25, 0.3) is 0 Å². The highest BCUT2D eigenvalue weighted by Gasteiger charge is 2.05. The van der Waals surface area contributed by atoms with Crippen molar-refractivity contribution in [2.75, 3.05) is 13.3 Å². The van der Waals surface area contributed by atoms with E-state index in [2.05, 4.69) is 36.7 Å². The summed E-state index contributed by atoms with van der Waals surface area (Å²) in [5, 5.41) is 3.22. The van der Waals surface area contributed by atoms with Crippen molar-refractivity contribution >= 4 is 11.8 Å². The molecule has 0 fully saturated rings. The number of para-hydroxylation sites is 1. The molecule has 0 amide bonds. The number of ether oxygens (including phenoxy) is 1. The second-order valence-electron chi connectivity index (χ2n) is 4.33. The third-order valence-electron chi connectivity index (χ3n) is 3.11. The van der Waals surface area contributed by atoms with E-state index in [0.29, 0.717) is 6.04 Å². The van der Waals surface area contributed by atoms with Crippen LogP contribution in [0, 0.1) is 0 Å². The fourth-order valence-electron chi connectivity index (χ4n) is 1.82. The van der Waals surface area contributed by atoms with Gasteiger partial charge in [0.2, 0.25) is 0 Å². The van der Waals surface area contributed by atoms with Gasteiger partial charge in [-0.05, 0) is 50.1 Å². The van der Waals surface area contributed by atoms with E-state index >= 15 is 0 Å². The summed E-state index contributed by atoms with van der Waals surface area (Å²) in [5.74, 6) is 1.78. The van der Waals surface area contributed by atoms with Crippen molar-refractivity contribution in [2.24, 2.45) is 0 Å². The van der Waals surface area contributed by atoms with E-state index in [9.17, 15) is 0 Å². The number of nitrogens with one attached hydrogen (secondary N) is 1. The predicted octanol–water partition coefficient (Wildman–Crippen LogP) is 4.48. The molecule has 2 aromatic carbocycles. The first-order chi connectivity index (χ1) is 9.24. The van der Waals surface area contributed by atoms with Crippen LogP contribution in [0.15, 0.2) is 53.4 Å². The maximum absolute atomic E-state index is 5.93. The van der Waals surface area contributed by atoms with Crippen molar-refractivity contribution in [1.29, 1.82) is 0 Å². The van der Waals surface area contributed by atoms with Crippen molar-refractivity contribution in [1.82, 2.24) is 5.32 Å². The molecule has 100 valence electrons. The second kappa shape index (κ2) is 6.64. The lowest BCUT2D eigenvalue weighted by Gasteiger charge is -2.12. The van der Waals surface area contributed by atoms with Gasteiger partial charge in [0, 0.05) is 10.9 Å². The molecule has 0 heterocycles. The average molecular weight is 273 g/mol. The van der Waals surface area contributed by atoms with Crippen LogP contribution in [0.3, 0.4) is 0 Å². The average Bonchev–Trinajstić information content (AvgIpc) is 2.48. The van der Waals surface area contributed by atoms with Crippen molar-refractivity contribution in [3.63, 3.8) is 0 Å². The van der Waals surface area contributed by atoms with Crippen LogP contribution in [0.5, 0.6) is 11.5 Å². The van der Waals surface area contributed by atoms with E-state index in [1.165, 1.54) is 5.56 Å². The molecule has 0 saturated heterocycles. The van der Waals surface area contributed by atoms with E-state index in [-0.39, 0.29) is 0 Å². The molecule has 0 bridgehead atoms. The first-order valence-electron chi connectivity index (χ1n) is 6.32. The van der Waals surface area contributed by atoms with Gasteiger partial charge < -0.3 is 10.1 Å². The molecule has 0 spiro atoms. The third-order valence-corrected chi connectivity index (χ3v) is 3.89. The summed E-state index contributed by atoms with van der Waals surface area (Å²) < 4.78 is 5.93. The highest BCUT2D eigenvalue weighted by molar-refractivity contribution is 7.98. The molecule has 19 heavy (non-hydrogen) atoms. The van der Waals surface area contributed by atoms with Crippen LogP contribution in [0.2, 0.25) is 0 Å². The number of rotatable bonds is 5. The zero-order chi connectivity index (χ0) is 13.7. The lowest BCUT2D eigenvalue weighted by atomic mass is 10.1. The standard InChI is InChI=1S/C16H19NOS/c1-12(17-2)13-8-10-14(11-9-13)18-15-6-4-5-7-16(15)19-3/h4-12,17H,1-3H3. The Hall–Kier alpha value is -1.45. The monoisotopic (exact) mass is 273 g/mol. The first kappa shape index (κ1) is 14.0. The summed E-state index contributed by atoms with van der Waals surface area (Å²) >= 11 is 1.69. The molecule has 0 aromatic heterocycles. The zero-order valence-electron chi connectivity index (χ0n) is 11.5. The van der Waals surface area contributed by atoms with Crippen molar-refractivity contribution in [3.8, 4) is 11.5 Å². The van der Waals surface area contributed by atoms with Gasteiger partial charge in [-0.1, -0.05) is 24.3 Å². The van der Waals surface area contributed by atoms with Gasteiger partial charge in [-0.15, -0.1) is 11.8 Å². The minimum absolute atomic E-state index is 0.354. The van der Waals surface area contributed by atoms with E-state index < -0.39 is 0 Å². The zero-order valence-corrected chi connectivity index (χ0v) is 12.3. The Balaban J connectivity index is 2.15. The number of thioether (sulfide) groups is 1. The summed E-state index contributed by atoms with van der Waals surface area (Å²) in [6.45, 7) is 2.14. The third kappa shape index (κ3) is 3.52. The number of hydrogen-bond donors (Lipinski definition) is 1. The first-order valence-corrected chi connectivity index (χ1v) is 7.55. The second-order valence-corrected chi connectivity index (χ2v) is 5.18. The molecule has 2 rings (SSSR count). The predicted molar refractivity (Wildman–Crippen MR) is 82.2 cm³/mol. The molecular formula is C16H19NOS. The van der Waals surface area contributed by atoms with E-state index in [1.807, 2.05) is 37.4 Å². The summed E-state index contributed by atoms with van der Waals surface area (Å²) in [4.78, 5) is 1.15. The molecule has 0 aliphatic heterocycles. The summed E-state index contributed by atoms with van der Waals surface area (Å²) in [6.07, 6.45) is 2.06. The van der Waals surface area contributed by atoms with Crippen LogP contribution < -0.4 is 10.1 Å². The maximum atomic E-state index is 5.93. The molecule has 0 saturated carbocycles. The van der Waals surface area contributed by atoms with Crippen molar-refractivity contribution in [3.05, 3.63) is 54.1 Å². The van der Waals surface area contributed by atoms with E-state index in [0.717, 1.165) is 16.4 Å². The molecule has 0 aliphatic carbocycles. The molecule has 2 nitrogen and oxygen atoms in total. The molecule has 0 radical (unpaired) electrons. The molecule has 0 aliphatic rings. The van der Waals surface area contributed by atoms with Gasteiger partial charge in [-0.25, -0.2) is 0 Å². The smallest absolute Gasteiger partial charge is 0.140 e. The Labute approximate surface area is 119 Å². The van der Waals surface area contributed by atoms with Gasteiger partial charge >= 0.3 is 0 Å². The minimum Gasteiger partial charge on any atom is -0.456 e. The quantitative estimate of drug-likeness (QED) is 0.811. The van der Waals surface area contributed by atoms with Gasteiger partial charge in [0.05, 0.1) is 0 Å². The van der Waals surface area contributed by atoms with Crippen molar-refractivity contribution < 1.29 is 4.74 Å². The topological polar surface area (TPSA) is 21.3 Å². The maximum Gasteiger partial charge on any atom is 0.140 e. The molecular weight excluding hydrogens is 254 g/mol. The number of hydrogen-bond acceptors (Lipinski definition) is 3. The van der Waals surface area contributed by atoms with Crippen LogP contribution in [-0.4, -0.2) is 13.3 Å².